The minimum absolute atomic E-state index is 0.201. The molecule has 1 amide bonds. The van der Waals surface area contributed by atoms with E-state index < -0.39 is 0 Å². The third-order valence-electron chi connectivity index (χ3n) is 5.66. The van der Waals surface area contributed by atoms with Crippen LogP contribution in [-0.4, -0.2) is 26.5 Å². The van der Waals surface area contributed by atoms with Crippen molar-refractivity contribution in [1.82, 2.24) is 14.3 Å². The van der Waals surface area contributed by atoms with Gasteiger partial charge in [-0.05, 0) is 56.7 Å². The van der Waals surface area contributed by atoms with Gasteiger partial charge >= 0.3 is 0 Å². The second-order valence-electron chi connectivity index (χ2n) is 8.12. The molecule has 0 unspecified atom stereocenters. The van der Waals surface area contributed by atoms with Gasteiger partial charge in [-0.3, -0.25) is 19.7 Å². The van der Waals surface area contributed by atoms with E-state index in [0.29, 0.717) is 28.7 Å². The molecule has 174 valence electrons. The molecule has 2 aromatic heterocycles. The van der Waals surface area contributed by atoms with Gasteiger partial charge in [0, 0.05) is 33.4 Å². The summed E-state index contributed by atoms with van der Waals surface area (Å²) in [6.45, 7) is 5.90. The average Bonchev–Trinajstić information content (AvgIpc) is 3.10. The number of hydrogen-bond acceptors (Lipinski definition) is 4. The van der Waals surface area contributed by atoms with Gasteiger partial charge in [-0.1, -0.05) is 47.5 Å². The van der Waals surface area contributed by atoms with E-state index in [1.807, 2.05) is 50.2 Å². The number of carbonyl (C=O) groups excluding carboxylic acids is 1. The van der Waals surface area contributed by atoms with Crippen molar-refractivity contribution in [2.45, 2.75) is 40.0 Å². The highest BCUT2D eigenvalue weighted by atomic mass is 79.9. The quantitative estimate of drug-likeness (QED) is 0.341. The zero-order chi connectivity index (χ0) is 24.2. The third-order valence-corrected chi connectivity index (χ3v) is 6.15. The summed E-state index contributed by atoms with van der Waals surface area (Å²) in [4.78, 5) is 30.6. The topological polar surface area (TPSA) is 81.3 Å². The summed E-state index contributed by atoms with van der Waals surface area (Å²) in [5.74, 6) is 0.428. The average molecular weight is 520 g/mol. The van der Waals surface area contributed by atoms with Crippen LogP contribution in [0.2, 0.25) is 0 Å². The highest BCUT2D eigenvalue weighted by Crippen LogP contribution is 2.17. The molecule has 34 heavy (non-hydrogen) atoms. The number of nitrogens with zero attached hydrogens (tertiary/aromatic N) is 4. The lowest BCUT2D eigenvalue weighted by molar-refractivity contribution is 0.101. The van der Waals surface area contributed by atoms with Crippen molar-refractivity contribution in [3.8, 4) is 0 Å². The van der Waals surface area contributed by atoms with Crippen LogP contribution in [0, 0.1) is 13.8 Å². The van der Waals surface area contributed by atoms with Crippen LogP contribution in [0.5, 0.6) is 0 Å². The Labute approximate surface area is 206 Å². The molecule has 4 aromatic rings. The number of aryl methyl sites for hydroxylation is 2. The maximum absolute atomic E-state index is 13.3. The van der Waals surface area contributed by atoms with E-state index in [0.717, 1.165) is 34.3 Å². The number of rotatable bonds is 7. The first kappa shape index (κ1) is 23.6. The van der Waals surface area contributed by atoms with Crippen molar-refractivity contribution in [2.75, 3.05) is 5.43 Å². The van der Waals surface area contributed by atoms with Gasteiger partial charge in [-0.25, -0.2) is 4.98 Å². The van der Waals surface area contributed by atoms with Crippen LogP contribution < -0.4 is 11.0 Å². The molecular formula is C26H26BrN5O2. The summed E-state index contributed by atoms with van der Waals surface area (Å²) in [7, 11) is 0. The summed E-state index contributed by atoms with van der Waals surface area (Å²) < 4.78 is 3.93. The Morgan fingerprint density at radius 3 is 2.65 bits per heavy atom. The Morgan fingerprint density at radius 1 is 1.15 bits per heavy atom. The van der Waals surface area contributed by atoms with Gasteiger partial charge < -0.3 is 0 Å². The number of nitrogens with one attached hydrogen (secondary N) is 1. The third kappa shape index (κ3) is 4.87. The number of fused-ring (bicyclic) bond motifs is 1. The Hall–Kier alpha value is -3.52. The largest absolute Gasteiger partial charge is 0.282 e. The minimum Gasteiger partial charge on any atom is -0.267 e. The van der Waals surface area contributed by atoms with Crippen molar-refractivity contribution in [2.24, 2.45) is 5.10 Å². The fraction of sp³-hybridized carbons (Fsp3) is 0.231. The number of unbranched alkanes of at least 4 members (excludes halogenated alkanes) is 1. The smallest absolute Gasteiger partial charge is 0.267 e. The molecule has 2 aromatic carbocycles. The standard InChI is InChI=1S/C26H26BrN5O2/c1-4-5-11-24-29-23-13-12-21(27)15-22(23)26(34)32(24)28-16-20-14-17(2)31(18(20)3)30-25(33)19-9-7-6-8-10-19/h6-10,12-16H,4-5,11H2,1-3H3,(H,30,33). The lowest BCUT2D eigenvalue weighted by atomic mass is 10.2. The number of benzene rings is 2. The first-order valence-electron chi connectivity index (χ1n) is 11.2. The molecule has 8 heteroatoms. The second-order valence-corrected chi connectivity index (χ2v) is 9.04. The molecule has 2 heterocycles. The van der Waals surface area contributed by atoms with Crippen LogP contribution in [0.4, 0.5) is 0 Å². The number of aromatic nitrogens is 3. The molecule has 0 spiro atoms. The van der Waals surface area contributed by atoms with E-state index in [4.69, 9.17) is 4.98 Å². The first-order valence-corrected chi connectivity index (χ1v) is 12.0. The predicted molar refractivity (Wildman–Crippen MR) is 139 cm³/mol. The minimum atomic E-state index is -0.208. The van der Waals surface area contributed by atoms with E-state index in [1.54, 1.807) is 29.1 Å². The van der Waals surface area contributed by atoms with Crippen molar-refractivity contribution >= 4 is 39.0 Å². The molecule has 0 bridgehead atoms. The zero-order valence-electron chi connectivity index (χ0n) is 19.4. The van der Waals surface area contributed by atoms with Gasteiger partial charge in [0.2, 0.25) is 0 Å². The fourth-order valence-electron chi connectivity index (χ4n) is 3.78. The SMILES string of the molecule is CCCCc1nc2ccc(Br)cc2c(=O)n1N=Cc1cc(C)n(NC(=O)c2ccccc2)c1C. The Bertz CT molecular complexity index is 1440. The Balaban J connectivity index is 1.70. The summed E-state index contributed by atoms with van der Waals surface area (Å²) in [6.07, 6.45) is 4.20. The maximum Gasteiger partial charge on any atom is 0.282 e. The van der Waals surface area contributed by atoms with Gasteiger partial charge in [-0.15, -0.1) is 0 Å². The predicted octanol–water partition coefficient (Wildman–Crippen LogP) is 5.19. The van der Waals surface area contributed by atoms with Gasteiger partial charge in [-0.2, -0.15) is 9.78 Å². The molecule has 0 aliphatic rings. The normalized spacial score (nSPS) is 11.4. The molecule has 0 atom stereocenters. The molecule has 0 radical (unpaired) electrons. The lowest BCUT2D eigenvalue weighted by Crippen LogP contribution is -2.25. The van der Waals surface area contributed by atoms with Crippen LogP contribution in [0.15, 0.2) is 69.0 Å². The van der Waals surface area contributed by atoms with Crippen LogP contribution >= 0.6 is 15.9 Å². The molecule has 0 saturated carbocycles. The molecule has 0 fully saturated rings. The van der Waals surface area contributed by atoms with E-state index in [2.05, 4.69) is 33.4 Å². The lowest BCUT2D eigenvalue weighted by Gasteiger charge is -2.11. The Kier molecular flexibility index (Phi) is 7.07. The highest BCUT2D eigenvalue weighted by molar-refractivity contribution is 9.10. The van der Waals surface area contributed by atoms with E-state index in [9.17, 15) is 9.59 Å². The fourth-order valence-corrected chi connectivity index (χ4v) is 4.14. The summed E-state index contributed by atoms with van der Waals surface area (Å²) >= 11 is 3.43. The van der Waals surface area contributed by atoms with Crippen LogP contribution in [0.1, 0.15) is 52.9 Å². The van der Waals surface area contributed by atoms with E-state index in [1.165, 1.54) is 4.68 Å². The number of hydrogen-bond donors (Lipinski definition) is 1. The molecular weight excluding hydrogens is 494 g/mol. The monoisotopic (exact) mass is 519 g/mol. The van der Waals surface area contributed by atoms with E-state index >= 15 is 0 Å². The summed E-state index contributed by atoms with van der Waals surface area (Å²) in [5, 5.41) is 5.04. The van der Waals surface area contributed by atoms with Crippen molar-refractivity contribution in [3.05, 3.63) is 97.8 Å². The summed E-state index contributed by atoms with van der Waals surface area (Å²) in [5.41, 5.74) is 6.41. The van der Waals surface area contributed by atoms with Crippen molar-refractivity contribution in [1.29, 1.82) is 0 Å². The van der Waals surface area contributed by atoms with Crippen LogP contribution in [0.3, 0.4) is 0 Å². The summed E-state index contributed by atoms with van der Waals surface area (Å²) in [6, 6.07) is 16.5. The van der Waals surface area contributed by atoms with Crippen molar-refractivity contribution < 1.29 is 4.79 Å². The Morgan fingerprint density at radius 2 is 1.91 bits per heavy atom. The molecule has 7 nitrogen and oxygen atoms in total. The second kappa shape index (κ2) is 10.2. The van der Waals surface area contributed by atoms with Crippen molar-refractivity contribution in [3.63, 3.8) is 0 Å². The van der Waals surface area contributed by atoms with Crippen LogP contribution in [-0.2, 0) is 6.42 Å². The maximum atomic E-state index is 13.3. The molecule has 0 saturated heterocycles. The van der Waals surface area contributed by atoms with Gasteiger partial charge in [0.05, 0.1) is 17.1 Å². The number of carbonyl (C=O) groups is 1. The van der Waals surface area contributed by atoms with Gasteiger partial charge in [0.25, 0.3) is 11.5 Å². The zero-order valence-corrected chi connectivity index (χ0v) is 21.0. The van der Waals surface area contributed by atoms with Crippen LogP contribution in [0.25, 0.3) is 10.9 Å². The first-order chi connectivity index (χ1) is 16.4. The van der Waals surface area contributed by atoms with E-state index in [-0.39, 0.29) is 11.5 Å². The molecule has 4 rings (SSSR count). The molecule has 1 N–H and O–H groups in total. The number of amides is 1. The molecule has 0 aliphatic carbocycles. The number of halogens is 1. The van der Waals surface area contributed by atoms with Gasteiger partial charge in [0.15, 0.2) is 0 Å². The molecule has 0 aliphatic heterocycles. The highest BCUT2D eigenvalue weighted by Gasteiger charge is 2.14. The van der Waals surface area contributed by atoms with Gasteiger partial charge in [0.1, 0.15) is 5.82 Å².